The predicted molar refractivity (Wildman–Crippen MR) is 75.4 cm³/mol. The molecule has 18 heavy (non-hydrogen) atoms. The summed E-state index contributed by atoms with van der Waals surface area (Å²) in [6.45, 7) is 4.34. The summed E-state index contributed by atoms with van der Waals surface area (Å²) >= 11 is 3.37. The topological polar surface area (TPSA) is 45.2 Å². The van der Waals surface area contributed by atoms with Gasteiger partial charge in [-0.3, -0.25) is 4.79 Å². The van der Waals surface area contributed by atoms with Crippen molar-refractivity contribution in [3.05, 3.63) is 22.8 Å². The maximum Gasteiger partial charge on any atom is 0.219 e. The van der Waals surface area contributed by atoms with E-state index in [0.29, 0.717) is 5.92 Å². The number of hydrogen-bond acceptors (Lipinski definition) is 3. The second-order valence-corrected chi connectivity index (χ2v) is 5.61. The molecule has 5 heteroatoms. The van der Waals surface area contributed by atoms with Gasteiger partial charge in [-0.2, -0.15) is 0 Å². The highest BCUT2D eigenvalue weighted by Crippen LogP contribution is 2.18. The van der Waals surface area contributed by atoms with Gasteiger partial charge in [-0.25, -0.2) is 4.98 Å². The minimum atomic E-state index is 0.191. The maximum absolute atomic E-state index is 11.2. The molecule has 0 unspecified atom stereocenters. The van der Waals surface area contributed by atoms with Crippen LogP contribution in [0.4, 0.5) is 5.82 Å². The molecule has 1 aromatic heterocycles. The fraction of sp³-hybridized carbons (Fsp3) is 0.538. The number of anilines is 1. The van der Waals surface area contributed by atoms with E-state index in [9.17, 15) is 4.79 Å². The summed E-state index contributed by atoms with van der Waals surface area (Å²) < 4.78 is 0.989. The molecule has 0 atom stereocenters. The van der Waals surface area contributed by atoms with Crippen LogP contribution in [-0.4, -0.2) is 35.4 Å². The lowest BCUT2D eigenvalue weighted by Crippen LogP contribution is -2.38. The largest absolute Gasteiger partial charge is 0.370 e. The Hall–Kier alpha value is -1.10. The van der Waals surface area contributed by atoms with Gasteiger partial charge in [-0.15, -0.1) is 0 Å². The first-order valence-electron chi connectivity index (χ1n) is 6.26. The molecule has 1 aliphatic heterocycles. The van der Waals surface area contributed by atoms with Gasteiger partial charge in [0.1, 0.15) is 5.82 Å². The SMILES string of the molecule is CC(=O)N1CCC(CNc2ccc(Br)cn2)CC1. The number of likely N-dealkylation sites (tertiary alicyclic amines) is 1. The van der Waals surface area contributed by atoms with Crippen molar-refractivity contribution in [1.82, 2.24) is 9.88 Å². The third kappa shape index (κ3) is 3.70. The number of piperidine rings is 1. The van der Waals surface area contributed by atoms with Gasteiger partial charge in [0, 0.05) is 37.2 Å². The van der Waals surface area contributed by atoms with E-state index in [0.717, 1.165) is 42.8 Å². The van der Waals surface area contributed by atoms with E-state index in [-0.39, 0.29) is 5.91 Å². The molecule has 4 nitrogen and oxygen atoms in total. The van der Waals surface area contributed by atoms with Crippen LogP contribution >= 0.6 is 15.9 Å². The summed E-state index contributed by atoms with van der Waals surface area (Å²) in [5, 5.41) is 3.35. The quantitative estimate of drug-likeness (QED) is 0.933. The number of amides is 1. The van der Waals surface area contributed by atoms with Crippen molar-refractivity contribution in [2.75, 3.05) is 25.0 Å². The summed E-state index contributed by atoms with van der Waals surface area (Å²) in [5.41, 5.74) is 0. The van der Waals surface area contributed by atoms with E-state index < -0.39 is 0 Å². The van der Waals surface area contributed by atoms with Crippen LogP contribution in [0.3, 0.4) is 0 Å². The Morgan fingerprint density at radius 2 is 2.22 bits per heavy atom. The Bertz CT molecular complexity index is 399. The number of nitrogens with zero attached hydrogens (tertiary/aromatic N) is 2. The Morgan fingerprint density at radius 3 is 2.78 bits per heavy atom. The molecule has 2 heterocycles. The van der Waals surface area contributed by atoms with Crippen LogP contribution in [0.15, 0.2) is 22.8 Å². The average molecular weight is 312 g/mol. The molecule has 2 rings (SSSR count). The number of pyridine rings is 1. The van der Waals surface area contributed by atoms with Crippen LogP contribution in [0.25, 0.3) is 0 Å². The number of rotatable bonds is 3. The summed E-state index contributed by atoms with van der Waals surface area (Å²) in [5.74, 6) is 1.73. The Labute approximate surface area is 116 Å². The lowest BCUT2D eigenvalue weighted by atomic mass is 9.97. The molecule has 1 aromatic rings. The first-order valence-corrected chi connectivity index (χ1v) is 7.05. The standard InChI is InChI=1S/C13H18BrN3O/c1-10(18)17-6-4-11(5-7-17)8-15-13-3-2-12(14)9-16-13/h2-3,9,11H,4-8H2,1H3,(H,15,16). The smallest absolute Gasteiger partial charge is 0.219 e. The zero-order chi connectivity index (χ0) is 13.0. The number of hydrogen-bond donors (Lipinski definition) is 1. The predicted octanol–water partition coefficient (Wildman–Crippen LogP) is 2.51. The molecule has 0 spiro atoms. The van der Waals surface area contributed by atoms with Crippen molar-refractivity contribution in [3.8, 4) is 0 Å². The van der Waals surface area contributed by atoms with Crippen LogP contribution in [0.2, 0.25) is 0 Å². The molecule has 1 aliphatic rings. The van der Waals surface area contributed by atoms with Crippen molar-refractivity contribution >= 4 is 27.7 Å². The number of aromatic nitrogens is 1. The zero-order valence-corrected chi connectivity index (χ0v) is 12.1. The van der Waals surface area contributed by atoms with Crippen LogP contribution in [0, 0.1) is 5.92 Å². The minimum absolute atomic E-state index is 0.191. The number of carbonyl (C=O) groups excluding carboxylic acids is 1. The Morgan fingerprint density at radius 1 is 1.50 bits per heavy atom. The summed E-state index contributed by atoms with van der Waals surface area (Å²) in [6, 6.07) is 3.95. The number of carbonyl (C=O) groups is 1. The lowest BCUT2D eigenvalue weighted by molar-refractivity contribution is -0.130. The van der Waals surface area contributed by atoms with Crippen LogP contribution < -0.4 is 5.32 Å². The number of halogens is 1. The normalized spacial score (nSPS) is 16.7. The van der Waals surface area contributed by atoms with Crippen molar-refractivity contribution < 1.29 is 4.79 Å². The lowest BCUT2D eigenvalue weighted by Gasteiger charge is -2.31. The highest BCUT2D eigenvalue weighted by molar-refractivity contribution is 9.10. The molecule has 98 valence electrons. The van der Waals surface area contributed by atoms with Crippen molar-refractivity contribution in [2.45, 2.75) is 19.8 Å². The van der Waals surface area contributed by atoms with Gasteiger partial charge in [0.2, 0.25) is 5.91 Å². The van der Waals surface area contributed by atoms with Crippen LogP contribution in [0.5, 0.6) is 0 Å². The van der Waals surface area contributed by atoms with E-state index in [2.05, 4.69) is 26.2 Å². The molecule has 0 bridgehead atoms. The molecule has 0 saturated carbocycles. The van der Waals surface area contributed by atoms with Crippen molar-refractivity contribution in [3.63, 3.8) is 0 Å². The van der Waals surface area contributed by atoms with Crippen LogP contribution in [0.1, 0.15) is 19.8 Å². The first-order chi connectivity index (χ1) is 8.65. The second-order valence-electron chi connectivity index (χ2n) is 4.69. The molecule has 1 fully saturated rings. The Balaban J connectivity index is 1.75. The van der Waals surface area contributed by atoms with Gasteiger partial charge < -0.3 is 10.2 Å². The molecule has 1 amide bonds. The maximum atomic E-state index is 11.2. The van der Waals surface area contributed by atoms with Gasteiger partial charge in [-0.1, -0.05) is 0 Å². The molecule has 1 saturated heterocycles. The summed E-state index contributed by atoms with van der Waals surface area (Å²) in [6.07, 6.45) is 3.94. The summed E-state index contributed by atoms with van der Waals surface area (Å²) in [4.78, 5) is 17.4. The highest BCUT2D eigenvalue weighted by atomic mass is 79.9. The Kier molecular flexibility index (Phi) is 4.58. The van der Waals surface area contributed by atoms with Gasteiger partial charge in [0.05, 0.1) is 0 Å². The van der Waals surface area contributed by atoms with Crippen molar-refractivity contribution in [2.24, 2.45) is 5.92 Å². The third-order valence-electron chi connectivity index (χ3n) is 3.36. The minimum Gasteiger partial charge on any atom is -0.370 e. The molecule has 0 radical (unpaired) electrons. The van der Waals surface area contributed by atoms with Crippen molar-refractivity contribution in [1.29, 1.82) is 0 Å². The van der Waals surface area contributed by atoms with E-state index in [4.69, 9.17) is 0 Å². The third-order valence-corrected chi connectivity index (χ3v) is 3.83. The molecular formula is C13H18BrN3O. The molecular weight excluding hydrogens is 294 g/mol. The number of nitrogens with one attached hydrogen (secondary N) is 1. The molecule has 1 N–H and O–H groups in total. The van der Waals surface area contributed by atoms with Gasteiger partial charge in [-0.05, 0) is 46.8 Å². The van der Waals surface area contributed by atoms with E-state index in [1.165, 1.54) is 0 Å². The fourth-order valence-electron chi connectivity index (χ4n) is 2.18. The van der Waals surface area contributed by atoms with Crippen LogP contribution in [-0.2, 0) is 4.79 Å². The second kappa shape index (κ2) is 6.18. The average Bonchev–Trinajstić information content (AvgIpc) is 2.38. The monoisotopic (exact) mass is 311 g/mol. The highest BCUT2D eigenvalue weighted by Gasteiger charge is 2.20. The van der Waals surface area contributed by atoms with Gasteiger partial charge >= 0.3 is 0 Å². The van der Waals surface area contributed by atoms with Gasteiger partial charge in [0.25, 0.3) is 0 Å². The first kappa shape index (κ1) is 13.3. The fourth-order valence-corrected chi connectivity index (χ4v) is 2.42. The zero-order valence-electron chi connectivity index (χ0n) is 10.5. The molecule has 0 aliphatic carbocycles. The van der Waals surface area contributed by atoms with E-state index in [1.807, 2.05) is 17.0 Å². The van der Waals surface area contributed by atoms with E-state index >= 15 is 0 Å². The molecule has 0 aromatic carbocycles. The van der Waals surface area contributed by atoms with E-state index in [1.54, 1.807) is 13.1 Å². The summed E-state index contributed by atoms with van der Waals surface area (Å²) in [7, 11) is 0. The van der Waals surface area contributed by atoms with Gasteiger partial charge in [0.15, 0.2) is 0 Å².